The van der Waals surface area contributed by atoms with Gasteiger partial charge in [-0.05, 0) is 61.5 Å². The average molecular weight is 571 g/mol. The van der Waals surface area contributed by atoms with E-state index in [9.17, 15) is 22.0 Å². The van der Waals surface area contributed by atoms with Crippen molar-refractivity contribution < 1.29 is 22.0 Å². The molecule has 0 aliphatic carbocycles. The summed E-state index contributed by atoms with van der Waals surface area (Å²) >= 11 is 0. The van der Waals surface area contributed by atoms with E-state index in [1.165, 1.54) is 18.9 Å². The molecule has 0 radical (unpaired) electrons. The molecule has 1 unspecified atom stereocenters. The van der Waals surface area contributed by atoms with Crippen molar-refractivity contribution in [3.63, 3.8) is 0 Å². The topological polar surface area (TPSA) is 83.8 Å². The fraction of sp³-hybridized carbons (Fsp3) is 0.429. The molecular formula is C28H27F5N8. The standard InChI is InChI=1S/C28H27F5N8/c29-18-9-17(10-20-25(18)38-23-4-2-21(41(20)23)28(31,32)33)24-19(30)12-36-26(39-24)37-22-3-1-16(11-35-22)13-40-7-5-27(6-8-40)14-34-15-27/h1,3,9-12,21,34H,2,4-8,13-15H2,(H,35,36,37,39). The van der Waals surface area contributed by atoms with Crippen molar-refractivity contribution >= 4 is 22.8 Å². The summed E-state index contributed by atoms with van der Waals surface area (Å²) in [5, 5.41) is 6.31. The second kappa shape index (κ2) is 9.69. The fourth-order valence-electron chi connectivity index (χ4n) is 6.18. The number of hydrogen-bond donors (Lipinski definition) is 2. The molecule has 2 saturated heterocycles. The van der Waals surface area contributed by atoms with E-state index >= 15 is 0 Å². The molecule has 1 atom stereocenters. The van der Waals surface area contributed by atoms with Crippen molar-refractivity contribution in [3.05, 3.63) is 59.7 Å². The van der Waals surface area contributed by atoms with Crippen LogP contribution in [0, 0.1) is 17.0 Å². The molecule has 6 heterocycles. The number of hydrogen-bond acceptors (Lipinski definition) is 7. The largest absolute Gasteiger partial charge is 0.409 e. The molecule has 3 aliphatic heterocycles. The fourth-order valence-corrected chi connectivity index (χ4v) is 6.18. The lowest BCUT2D eigenvalue weighted by Gasteiger charge is -2.48. The van der Waals surface area contributed by atoms with Gasteiger partial charge < -0.3 is 15.2 Å². The Labute approximate surface area is 232 Å². The van der Waals surface area contributed by atoms with Gasteiger partial charge in [-0.25, -0.2) is 28.7 Å². The van der Waals surface area contributed by atoms with E-state index in [0.717, 1.165) is 55.1 Å². The minimum atomic E-state index is -4.52. The Kier molecular flexibility index (Phi) is 6.19. The zero-order valence-electron chi connectivity index (χ0n) is 22.0. The van der Waals surface area contributed by atoms with Crippen molar-refractivity contribution in [2.75, 3.05) is 31.5 Å². The predicted octanol–water partition coefficient (Wildman–Crippen LogP) is 5.15. The Hall–Kier alpha value is -3.71. The first-order valence-corrected chi connectivity index (χ1v) is 13.6. The Morgan fingerprint density at radius 1 is 1.00 bits per heavy atom. The highest BCUT2D eigenvalue weighted by molar-refractivity contribution is 5.83. The summed E-state index contributed by atoms with van der Waals surface area (Å²) in [7, 11) is 0. The molecule has 1 aromatic carbocycles. The van der Waals surface area contributed by atoms with Gasteiger partial charge in [-0.3, -0.25) is 4.90 Å². The minimum Gasteiger partial charge on any atom is -0.316 e. The molecular weight excluding hydrogens is 543 g/mol. The zero-order valence-corrected chi connectivity index (χ0v) is 22.0. The number of aromatic nitrogens is 5. The molecule has 2 N–H and O–H groups in total. The molecule has 4 aromatic rings. The Balaban J connectivity index is 1.10. The van der Waals surface area contributed by atoms with Gasteiger partial charge in [-0.2, -0.15) is 13.2 Å². The molecule has 3 aromatic heterocycles. The third-order valence-electron chi connectivity index (χ3n) is 8.56. The van der Waals surface area contributed by atoms with Crippen LogP contribution in [0.3, 0.4) is 0 Å². The average Bonchev–Trinajstić information content (AvgIpc) is 3.51. The van der Waals surface area contributed by atoms with Crippen molar-refractivity contribution in [1.82, 2.24) is 34.7 Å². The van der Waals surface area contributed by atoms with E-state index in [-0.39, 0.29) is 46.9 Å². The normalized spacial score (nSPS) is 20.4. The monoisotopic (exact) mass is 570 g/mol. The summed E-state index contributed by atoms with van der Waals surface area (Å²) in [6.45, 7) is 5.14. The zero-order chi connectivity index (χ0) is 28.4. The maximum atomic E-state index is 15.0. The van der Waals surface area contributed by atoms with Crippen LogP contribution in [0.4, 0.5) is 33.7 Å². The van der Waals surface area contributed by atoms with Gasteiger partial charge in [0.2, 0.25) is 5.95 Å². The van der Waals surface area contributed by atoms with Crippen LogP contribution in [0.1, 0.15) is 36.7 Å². The summed E-state index contributed by atoms with van der Waals surface area (Å²) in [5.41, 5.74) is 1.05. The van der Waals surface area contributed by atoms with Gasteiger partial charge in [0.1, 0.15) is 28.9 Å². The molecule has 8 nitrogen and oxygen atoms in total. The van der Waals surface area contributed by atoms with E-state index in [2.05, 4.69) is 35.5 Å². The maximum absolute atomic E-state index is 15.0. The number of likely N-dealkylation sites (tertiary alicyclic amines) is 1. The summed E-state index contributed by atoms with van der Waals surface area (Å²) < 4.78 is 71.7. The Morgan fingerprint density at radius 3 is 2.49 bits per heavy atom. The quantitative estimate of drug-likeness (QED) is 0.322. The van der Waals surface area contributed by atoms with Crippen LogP contribution in [-0.4, -0.2) is 61.8 Å². The summed E-state index contributed by atoms with van der Waals surface area (Å²) in [4.78, 5) is 19.1. The molecule has 2 fully saturated rings. The first-order valence-electron chi connectivity index (χ1n) is 13.6. The highest BCUT2D eigenvalue weighted by atomic mass is 19.4. The summed E-state index contributed by atoms with van der Waals surface area (Å²) in [6, 6.07) is 4.24. The number of alkyl halides is 3. The van der Waals surface area contributed by atoms with Crippen LogP contribution in [-0.2, 0) is 13.0 Å². The molecule has 1 spiro atoms. The van der Waals surface area contributed by atoms with Gasteiger partial charge in [0, 0.05) is 37.8 Å². The third-order valence-corrected chi connectivity index (χ3v) is 8.56. The number of anilines is 2. The maximum Gasteiger partial charge on any atom is 0.409 e. The number of benzene rings is 1. The van der Waals surface area contributed by atoms with E-state index in [1.807, 2.05) is 6.07 Å². The van der Waals surface area contributed by atoms with Crippen molar-refractivity contribution in [3.8, 4) is 11.3 Å². The van der Waals surface area contributed by atoms with Crippen LogP contribution >= 0.6 is 0 Å². The number of nitrogens with zero attached hydrogens (tertiary/aromatic N) is 6. The van der Waals surface area contributed by atoms with Crippen LogP contribution < -0.4 is 10.6 Å². The van der Waals surface area contributed by atoms with Crippen LogP contribution in [0.2, 0.25) is 0 Å². The first kappa shape index (κ1) is 26.2. The lowest BCUT2D eigenvalue weighted by molar-refractivity contribution is -0.164. The third kappa shape index (κ3) is 4.80. The van der Waals surface area contributed by atoms with E-state index in [0.29, 0.717) is 11.2 Å². The highest BCUT2D eigenvalue weighted by Crippen LogP contribution is 2.43. The molecule has 41 heavy (non-hydrogen) atoms. The van der Waals surface area contributed by atoms with Gasteiger partial charge >= 0.3 is 6.18 Å². The smallest absolute Gasteiger partial charge is 0.316 e. The predicted molar refractivity (Wildman–Crippen MR) is 141 cm³/mol. The number of rotatable bonds is 5. The highest BCUT2D eigenvalue weighted by Gasteiger charge is 2.46. The summed E-state index contributed by atoms with van der Waals surface area (Å²) in [5.74, 6) is -1.08. The number of nitrogens with one attached hydrogen (secondary N) is 2. The van der Waals surface area contributed by atoms with Crippen LogP contribution in [0.5, 0.6) is 0 Å². The molecule has 214 valence electrons. The number of aryl methyl sites for hydroxylation is 1. The second-order valence-corrected chi connectivity index (χ2v) is 11.3. The molecule has 13 heteroatoms. The summed E-state index contributed by atoms with van der Waals surface area (Å²) in [6.07, 6.45) is 0.470. The SMILES string of the molecule is Fc1cnc(Nc2ccc(CN3CCC4(CC3)CNC4)cn2)nc1-c1cc(F)c2nc3n(c2c1)C(C(F)(F)F)CC3. The molecule has 7 rings (SSSR count). The van der Waals surface area contributed by atoms with Crippen molar-refractivity contribution in [2.24, 2.45) is 5.41 Å². The lowest BCUT2D eigenvalue weighted by Crippen LogP contribution is -2.58. The number of halogens is 5. The molecule has 0 amide bonds. The minimum absolute atomic E-state index is 0.0159. The van der Waals surface area contributed by atoms with Gasteiger partial charge in [0.25, 0.3) is 0 Å². The molecule has 0 saturated carbocycles. The number of piperidine rings is 1. The Bertz CT molecular complexity index is 1600. The number of pyridine rings is 1. The van der Waals surface area contributed by atoms with E-state index in [1.54, 1.807) is 12.3 Å². The van der Waals surface area contributed by atoms with Crippen molar-refractivity contribution in [2.45, 2.75) is 44.4 Å². The van der Waals surface area contributed by atoms with E-state index < -0.39 is 23.9 Å². The number of imidazole rings is 1. The van der Waals surface area contributed by atoms with Gasteiger partial charge in [-0.15, -0.1) is 0 Å². The molecule has 3 aliphatic rings. The lowest BCUT2D eigenvalue weighted by atomic mass is 9.73. The van der Waals surface area contributed by atoms with Gasteiger partial charge in [0.15, 0.2) is 11.6 Å². The van der Waals surface area contributed by atoms with Crippen LogP contribution in [0.15, 0.2) is 36.7 Å². The van der Waals surface area contributed by atoms with Gasteiger partial charge in [0.05, 0.1) is 11.7 Å². The van der Waals surface area contributed by atoms with E-state index in [4.69, 9.17) is 0 Å². The Morgan fingerprint density at radius 2 is 1.80 bits per heavy atom. The van der Waals surface area contributed by atoms with Crippen molar-refractivity contribution in [1.29, 1.82) is 0 Å². The van der Waals surface area contributed by atoms with Gasteiger partial charge in [-0.1, -0.05) is 6.07 Å². The first-order chi connectivity index (χ1) is 19.7. The second-order valence-electron chi connectivity index (χ2n) is 11.3. The number of fused-ring (bicyclic) bond motifs is 3. The molecule has 0 bridgehead atoms. The van der Waals surface area contributed by atoms with Crippen LogP contribution in [0.25, 0.3) is 22.3 Å².